The summed E-state index contributed by atoms with van der Waals surface area (Å²) in [6, 6.07) is 11.3. The van der Waals surface area contributed by atoms with Gasteiger partial charge in [-0.2, -0.15) is 0 Å². The van der Waals surface area contributed by atoms with Gasteiger partial charge in [0.15, 0.2) is 11.6 Å². The van der Waals surface area contributed by atoms with E-state index in [2.05, 4.69) is 5.32 Å². The maximum absolute atomic E-state index is 13.3. The molecule has 1 heterocycles. The molecule has 0 spiro atoms. The first kappa shape index (κ1) is 13.7. The normalized spacial score (nSPS) is 14.8. The van der Waals surface area contributed by atoms with E-state index in [0.717, 1.165) is 23.4 Å². The Balaban J connectivity index is 1.95. The molecule has 0 fully saturated rings. The fourth-order valence-electron chi connectivity index (χ4n) is 2.45. The van der Waals surface area contributed by atoms with Crippen LogP contribution in [0.15, 0.2) is 42.5 Å². The predicted molar refractivity (Wildman–Crippen MR) is 75.7 cm³/mol. The van der Waals surface area contributed by atoms with Crippen molar-refractivity contribution in [2.24, 2.45) is 0 Å². The monoisotopic (exact) mass is 288 g/mol. The van der Waals surface area contributed by atoms with Crippen molar-refractivity contribution in [3.05, 3.63) is 65.2 Å². The minimum Gasteiger partial charge on any atom is -0.307 e. The summed E-state index contributed by atoms with van der Waals surface area (Å²) in [5.41, 5.74) is 2.36. The van der Waals surface area contributed by atoms with Crippen molar-refractivity contribution >= 4 is 11.6 Å². The number of carbonyl (C=O) groups excluding carboxylic acids is 1. The van der Waals surface area contributed by atoms with Crippen LogP contribution >= 0.6 is 0 Å². The highest BCUT2D eigenvalue weighted by Gasteiger charge is 2.22. The van der Waals surface area contributed by atoms with Gasteiger partial charge in [-0.3, -0.25) is 4.79 Å². The Bertz CT molecular complexity index is 688. The molecule has 1 aliphatic heterocycles. The molecule has 2 aromatic rings. The van der Waals surface area contributed by atoms with E-state index in [1.54, 1.807) is 4.90 Å². The van der Waals surface area contributed by atoms with Gasteiger partial charge in [0.2, 0.25) is 5.91 Å². The van der Waals surface area contributed by atoms with Gasteiger partial charge in [0, 0.05) is 12.2 Å². The van der Waals surface area contributed by atoms with E-state index in [-0.39, 0.29) is 19.0 Å². The lowest BCUT2D eigenvalue weighted by Crippen LogP contribution is -2.35. The lowest BCUT2D eigenvalue weighted by molar-refractivity contribution is -0.117. The van der Waals surface area contributed by atoms with E-state index in [4.69, 9.17) is 0 Å². The number of fused-ring (bicyclic) bond motifs is 1. The molecular formula is C16H14F2N2O. The van der Waals surface area contributed by atoms with Crippen LogP contribution in [0.3, 0.4) is 0 Å². The second kappa shape index (κ2) is 5.61. The number of rotatable bonds is 2. The number of halogens is 2. The zero-order valence-corrected chi connectivity index (χ0v) is 11.3. The standard InChI is InChI=1S/C16H14F2N2O/c17-13-6-5-11(7-14(13)18)10-20-15-4-2-1-3-12(15)8-19-9-16(20)21/h1-7,19H,8-10H2. The van der Waals surface area contributed by atoms with Crippen molar-refractivity contribution in [3.8, 4) is 0 Å². The fraction of sp³-hybridized carbons (Fsp3) is 0.188. The zero-order chi connectivity index (χ0) is 14.8. The topological polar surface area (TPSA) is 32.3 Å². The molecule has 2 aromatic carbocycles. The average Bonchev–Trinajstić information content (AvgIpc) is 2.63. The first-order chi connectivity index (χ1) is 10.1. The summed E-state index contributed by atoms with van der Waals surface area (Å²) in [6.45, 7) is 1.04. The Morgan fingerprint density at radius 1 is 1.05 bits per heavy atom. The van der Waals surface area contributed by atoms with E-state index < -0.39 is 11.6 Å². The Kier molecular flexibility index (Phi) is 3.66. The van der Waals surface area contributed by atoms with Crippen molar-refractivity contribution < 1.29 is 13.6 Å². The van der Waals surface area contributed by atoms with Crippen LogP contribution < -0.4 is 10.2 Å². The molecule has 0 bridgehead atoms. The van der Waals surface area contributed by atoms with Crippen LogP contribution in [0.5, 0.6) is 0 Å². The highest BCUT2D eigenvalue weighted by molar-refractivity contribution is 5.96. The zero-order valence-electron chi connectivity index (χ0n) is 11.3. The maximum Gasteiger partial charge on any atom is 0.241 e. The Labute approximate surface area is 121 Å². The molecule has 0 radical (unpaired) electrons. The van der Waals surface area contributed by atoms with Gasteiger partial charge in [-0.05, 0) is 29.3 Å². The molecule has 21 heavy (non-hydrogen) atoms. The fourth-order valence-corrected chi connectivity index (χ4v) is 2.45. The van der Waals surface area contributed by atoms with Crippen molar-refractivity contribution in [3.63, 3.8) is 0 Å². The molecule has 3 rings (SSSR count). The highest BCUT2D eigenvalue weighted by Crippen LogP contribution is 2.24. The lowest BCUT2D eigenvalue weighted by atomic mass is 10.1. The first-order valence-electron chi connectivity index (χ1n) is 6.68. The molecule has 0 unspecified atom stereocenters. The number of hydrogen-bond donors (Lipinski definition) is 1. The highest BCUT2D eigenvalue weighted by atomic mass is 19.2. The number of benzene rings is 2. The van der Waals surface area contributed by atoms with Gasteiger partial charge in [0.1, 0.15) is 0 Å². The minimum absolute atomic E-state index is 0.0929. The summed E-state index contributed by atoms with van der Waals surface area (Å²) in [7, 11) is 0. The van der Waals surface area contributed by atoms with Gasteiger partial charge < -0.3 is 10.2 Å². The number of nitrogens with one attached hydrogen (secondary N) is 1. The summed E-state index contributed by atoms with van der Waals surface area (Å²) in [5, 5.41) is 3.06. The Morgan fingerprint density at radius 3 is 2.67 bits per heavy atom. The predicted octanol–water partition coefficient (Wildman–Crippen LogP) is 2.60. The van der Waals surface area contributed by atoms with Crippen LogP contribution in [0.4, 0.5) is 14.5 Å². The van der Waals surface area contributed by atoms with E-state index in [0.29, 0.717) is 12.1 Å². The third-order valence-electron chi connectivity index (χ3n) is 3.50. The van der Waals surface area contributed by atoms with Gasteiger partial charge >= 0.3 is 0 Å². The third kappa shape index (κ3) is 2.78. The summed E-state index contributed by atoms with van der Waals surface area (Å²) >= 11 is 0. The van der Waals surface area contributed by atoms with Gasteiger partial charge in [0.05, 0.1) is 13.1 Å². The van der Waals surface area contributed by atoms with Gasteiger partial charge in [0.25, 0.3) is 0 Å². The molecule has 5 heteroatoms. The van der Waals surface area contributed by atoms with Crippen molar-refractivity contribution in [1.29, 1.82) is 0 Å². The van der Waals surface area contributed by atoms with Crippen molar-refractivity contribution in [2.75, 3.05) is 11.4 Å². The largest absolute Gasteiger partial charge is 0.307 e. The second-order valence-electron chi connectivity index (χ2n) is 4.96. The van der Waals surface area contributed by atoms with Gasteiger partial charge in [-0.25, -0.2) is 8.78 Å². The SMILES string of the molecule is O=C1CNCc2ccccc2N1Cc1ccc(F)c(F)c1. The number of carbonyl (C=O) groups is 1. The van der Waals surface area contributed by atoms with Crippen LogP contribution in [-0.2, 0) is 17.9 Å². The summed E-state index contributed by atoms with van der Waals surface area (Å²) in [6.07, 6.45) is 0. The molecule has 0 aromatic heterocycles. The van der Waals surface area contributed by atoms with E-state index in [9.17, 15) is 13.6 Å². The van der Waals surface area contributed by atoms with Crippen molar-refractivity contribution in [2.45, 2.75) is 13.1 Å². The van der Waals surface area contributed by atoms with Crippen LogP contribution in [0, 0.1) is 11.6 Å². The van der Waals surface area contributed by atoms with Crippen LogP contribution in [0.25, 0.3) is 0 Å². The molecule has 0 aliphatic carbocycles. The van der Waals surface area contributed by atoms with Crippen LogP contribution in [0.1, 0.15) is 11.1 Å². The second-order valence-corrected chi connectivity index (χ2v) is 4.96. The first-order valence-corrected chi connectivity index (χ1v) is 6.68. The smallest absolute Gasteiger partial charge is 0.241 e. The molecule has 108 valence electrons. The van der Waals surface area contributed by atoms with Gasteiger partial charge in [-0.15, -0.1) is 0 Å². The summed E-state index contributed by atoms with van der Waals surface area (Å²) in [4.78, 5) is 13.8. The molecule has 3 nitrogen and oxygen atoms in total. The third-order valence-corrected chi connectivity index (χ3v) is 3.50. The Morgan fingerprint density at radius 2 is 1.86 bits per heavy atom. The van der Waals surface area contributed by atoms with Crippen LogP contribution in [0.2, 0.25) is 0 Å². The molecule has 0 atom stereocenters. The number of hydrogen-bond acceptors (Lipinski definition) is 2. The van der Waals surface area contributed by atoms with Crippen LogP contribution in [-0.4, -0.2) is 12.5 Å². The molecule has 1 N–H and O–H groups in total. The number of para-hydroxylation sites is 1. The summed E-state index contributed by atoms with van der Waals surface area (Å²) in [5.74, 6) is -1.88. The average molecular weight is 288 g/mol. The Hall–Kier alpha value is -2.27. The molecule has 0 saturated heterocycles. The quantitative estimate of drug-likeness (QED) is 0.921. The molecule has 1 aliphatic rings. The van der Waals surface area contributed by atoms with E-state index in [1.807, 2.05) is 24.3 Å². The van der Waals surface area contributed by atoms with Gasteiger partial charge in [-0.1, -0.05) is 24.3 Å². The number of nitrogens with zero attached hydrogens (tertiary/aromatic N) is 1. The molecular weight excluding hydrogens is 274 g/mol. The lowest BCUT2D eigenvalue weighted by Gasteiger charge is -2.22. The number of amides is 1. The van der Waals surface area contributed by atoms with Crippen molar-refractivity contribution in [1.82, 2.24) is 5.32 Å². The maximum atomic E-state index is 13.3. The van der Waals surface area contributed by atoms with E-state index in [1.165, 1.54) is 6.07 Å². The number of anilines is 1. The summed E-state index contributed by atoms with van der Waals surface area (Å²) < 4.78 is 26.3. The molecule has 1 amide bonds. The minimum atomic E-state index is -0.902. The molecule has 0 saturated carbocycles. The van der Waals surface area contributed by atoms with E-state index >= 15 is 0 Å².